The van der Waals surface area contributed by atoms with Gasteiger partial charge in [-0.1, -0.05) is 90.9 Å². The second-order valence-corrected chi connectivity index (χ2v) is 8.50. The number of hydrogen-bond acceptors (Lipinski definition) is 4. The van der Waals surface area contributed by atoms with Crippen molar-refractivity contribution in [1.82, 2.24) is 0 Å². The third-order valence-corrected chi connectivity index (χ3v) is 5.39. The van der Waals surface area contributed by atoms with Crippen molar-refractivity contribution in [1.29, 1.82) is 0 Å². The smallest absolute Gasteiger partial charge is 0.310 e. The van der Waals surface area contributed by atoms with Crippen LogP contribution in [0.25, 0.3) is 0 Å². The van der Waals surface area contributed by atoms with Gasteiger partial charge in [0.05, 0.1) is 13.0 Å². The highest BCUT2D eigenvalue weighted by Gasteiger charge is 2.10. The van der Waals surface area contributed by atoms with Crippen LogP contribution in [0.2, 0.25) is 0 Å². The Labute approximate surface area is 177 Å². The summed E-state index contributed by atoms with van der Waals surface area (Å²) in [7, 11) is 0. The number of esters is 1. The molecule has 1 unspecified atom stereocenters. The number of carbonyl (C=O) groups excluding carboxylic acids is 1. The van der Waals surface area contributed by atoms with Crippen LogP contribution in [0.15, 0.2) is 18.2 Å². The van der Waals surface area contributed by atoms with Crippen LogP contribution in [0.5, 0.6) is 11.5 Å². The van der Waals surface area contributed by atoms with E-state index in [-0.39, 0.29) is 23.9 Å². The van der Waals surface area contributed by atoms with Crippen LogP contribution >= 0.6 is 0 Å². The first-order valence-corrected chi connectivity index (χ1v) is 11.7. The molecule has 1 aromatic rings. The third-order valence-electron chi connectivity index (χ3n) is 5.39. The monoisotopic (exact) mass is 406 g/mol. The first-order valence-electron chi connectivity index (χ1n) is 11.7. The lowest BCUT2D eigenvalue weighted by molar-refractivity contribution is -0.144. The fourth-order valence-electron chi connectivity index (χ4n) is 3.63. The van der Waals surface area contributed by atoms with Crippen molar-refractivity contribution in [3.63, 3.8) is 0 Å². The van der Waals surface area contributed by atoms with Gasteiger partial charge in [-0.2, -0.15) is 0 Å². The van der Waals surface area contributed by atoms with Gasteiger partial charge in [0.25, 0.3) is 0 Å². The Hall–Kier alpha value is -1.71. The molecule has 4 heteroatoms. The molecule has 0 spiro atoms. The third kappa shape index (κ3) is 14.0. The molecule has 0 amide bonds. The molecule has 0 saturated heterocycles. The quantitative estimate of drug-likeness (QED) is 0.218. The van der Waals surface area contributed by atoms with Gasteiger partial charge in [-0.15, -0.1) is 0 Å². The molecular weight excluding hydrogens is 364 g/mol. The van der Waals surface area contributed by atoms with E-state index in [0.29, 0.717) is 18.1 Å². The molecule has 0 radical (unpaired) electrons. The maximum absolute atomic E-state index is 11.9. The Balaban J connectivity index is 1.96. The minimum absolute atomic E-state index is 0.0480. The van der Waals surface area contributed by atoms with Crippen molar-refractivity contribution in [2.75, 3.05) is 6.61 Å². The SMILES string of the molecule is CCCCCCCCCCCCCCC(C)COC(=O)Cc1cc(O)cc(O)c1. The number of benzene rings is 1. The van der Waals surface area contributed by atoms with Crippen molar-refractivity contribution in [3.05, 3.63) is 23.8 Å². The van der Waals surface area contributed by atoms with Crippen molar-refractivity contribution in [2.24, 2.45) is 5.92 Å². The Morgan fingerprint density at radius 3 is 1.83 bits per heavy atom. The predicted molar refractivity (Wildman–Crippen MR) is 119 cm³/mol. The summed E-state index contributed by atoms with van der Waals surface area (Å²) in [4.78, 5) is 11.9. The second-order valence-electron chi connectivity index (χ2n) is 8.50. The topological polar surface area (TPSA) is 66.8 Å². The Morgan fingerprint density at radius 1 is 0.828 bits per heavy atom. The summed E-state index contributed by atoms with van der Waals surface area (Å²) in [5, 5.41) is 18.9. The van der Waals surface area contributed by atoms with Crippen molar-refractivity contribution < 1.29 is 19.7 Å². The van der Waals surface area contributed by atoms with E-state index < -0.39 is 0 Å². The molecule has 0 fully saturated rings. The zero-order valence-electron chi connectivity index (χ0n) is 18.6. The summed E-state index contributed by atoms with van der Waals surface area (Å²) < 4.78 is 5.34. The van der Waals surface area contributed by atoms with Gasteiger partial charge in [-0.25, -0.2) is 0 Å². The number of phenolic OH excluding ortho intramolecular Hbond substituents is 2. The van der Waals surface area contributed by atoms with Crippen LogP contribution in [0.4, 0.5) is 0 Å². The highest BCUT2D eigenvalue weighted by atomic mass is 16.5. The molecule has 4 nitrogen and oxygen atoms in total. The largest absolute Gasteiger partial charge is 0.508 e. The number of rotatable bonds is 17. The van der Waals surface area contributed by atoms with Crippen LogP contribution < -0.4 is 0 Å². The van der Waals surface area contributed by atoms with Gasteiger partial charge in [-0.3, -0.25) is 4.79 Å². The van der Waals surface area contributed by atoms with E-state index in [1.165, 1.54) is 95.2 Å². The van der Waals surface area contributed by atoms with Crippen LogP contribution in [-0.2, 0) is 16.0 Å². The summed E-state index contributed by atoms with van der Waals surface area (Å²) in [5.41, 5.74) is 0.557. The van der Waals surface area contributed by atoms with Crippen LogP contribution in [0.1, 0.15) is 103 Å². The molecule has 0 aliphatic heterocycles. The molecule has 1 rings (SSSR count). The maximum atomic E-state index is 11.9. The molecule has 0 saturated carbocycles. The van der Waals surface area contributed by atoms with E-state index in [1.807, 2.05) is 0 Å². The molecule has 2 N–H and O–H groups in total. The molecular formula is C25H42O4. The number of hydrogen-bond donors (Lipinski definition) is 2. The first kappa shape index (κ1) is 25.3. The molecule has 0 heterocycles. The zero-order valence-corrected chi connectivity index (χ0v) is 18.6. The van der Waals surface area contributed by atoms with Gasteiger partial charge in [0.2, 0.25) is 0 Å². The minimum Gasteiger partial charge on any atom is -0.508 e. The number of unbranched alkanes of at least 4 members (excludes halogenated alkanes) is 11. The maximum Gasteiger partial charge on any atom is 0.310 e. The van der Waals surface area contributed by atoms with Gasteiger partial charge in [-0.05, 0) is 30.0 Å². The summed E-state index contributed by atoms with van der Waals surface area (Å²) in [5.74, 6) is -0.0579. The van der Waals surface area contributed by atoms with Crippen molar-refractivity contribution in [2.45, 2.75) is 104 Å². The van der Waals surface area contributed by atoms with E-state index in [4.69, 9.17) is 4.74 Å². The highest BCUT2D eigenvalue weighted by Crippen LogP contribution is 2.21. The lowest BCUT2D eigenvalue weighted by Crippen LogP contribution is -2.14. The van der Waals surface area contributed by atoms with Gasteiger partial charge in [0, 0.05) is 6.07 Å². The number of carbonyl (C=O) groups is 1. The van der Waals surface area contributed by atoms with E-state index in [1.54, 1.807) is 0 Å². The molecule has 0 aliphatic rings. The standard InChI is InChI=1S/C25H42O4/c1-3-4-5-6-7-8-9-10-11-12-13-14-15-21(2)20-29-25(28)18-22-16-23(26)19-24(27)17-22/h16-17,19,21,26-27H,3-15,18,20H2,1-2H3. The van der Waals surface area contributed by atoms with Crippen LogP contribution in [0.3, 0.4) is 0 Å². The summed E-state index contributed by atoms with van der Waals surface area (Å²) in [6.45, 7) is 4.81. The Kier molecular flexibility index (Phi) is 14.1. The summed E-state index contributed by atoms with van der Waals surface area (Å²) in [6, 6.07) is 4.18. The molecule has 1 aromatic carbocycles. The summed E-state index contributed by atoms with van der Waals surface area (Å²) >= 11 is 0. The molecule has 166 valence electrons. The average molecular weight is 407 g/mol. The van der Waals surface area contributed by atoms with E-state index in [2.05, 4.69) is 13.8 Å². The minimum atomic E-state index is -0.323. The molecule has 0 aromatic heterocycles. The van der Waals surface area contributed by atoms with E-state index >= 15 is 0 Å². The fraction of sp³-hybridized carbons (Fsp3) is 0.720. The van der Waals surface area contributed by atoms with Gasteiger partial charge in [0.1, 0.15) is 11.5 Å². The summed E-state index contributed by atoms with van der Waals surface area (Å²) in [6.07, 6.45) is 17.3. The lowest BCUT2D eigenvalue weighted by atomic mass is 10.0. The second kappa shape index (κ2) is 16.1. The number of ether oxygens (including phenoxy) is 1. The molecule has 0 aliphatic carbocycles. The van der Waals surface area contributed by atoms with E-state index in [9.17, 15) is 15.0 Å². The van der Waals surface area contributed by atoms with Gasteiger partial charge in [0.15, 0.2) is 0 Å². The van der Waals surface area contributed by atoms with Crippen molar-refractivity contribution >= 4 is 5.97 Å². The first-order chi connectivity index (χ1) is 14.0. The number of aromatic hydroxyl groups is 2. The molecule has 29 heavy (non-hydrogen) atoms. The van der Waals surface area contributed by atoms with Gasteiger partial charge >= 0.3 is 5.97 Å². The predicted octanol–water partition coefficient (Wildman–Crippen LogP) is 6.91. The van der Waals surface area contributed by atoms with E-state index in [0.717, 1.165) is 6.42 Å². The highest BCUT2D eigenvalue weighted by molar-refractivity contribution is 5.73. The molecule has 1 atom stereocenters. The Morgan fingerprint density at radius 2 is 1.31 bits per heavy atom. The van der Waals surface area contributed by atoms with Crippen molar-refractivity contribution in [3.8, 4) is 11.5 Å². The fourth-order valence-corrected chi connectivity index (χ4v) is 3.63. The van der Waals surface area contributed by atoms with Crippen LogP contribution in [-0.4, -0.2) is 22.8 Å². The normalized spacial score (nSPS) is 12.1. The zero-order chi connectivity index (χ0) is 21.3. The van der Waals surface area contributed by atoms with Gasteiger partial charge < -0.3 is 14.9 Å². The molecule has 0 bridgehead atoms. The Bertz CT molecular complexity index is 536. The lowest BCUT2D eigenvalue weighted by Gasteiger charge is -2.12. The average Bonchev–Trinajstić information content (AvgIpc) is 2.66. The number of phenols is 2. The van der Waals surface area contributed by atoms with Crippen LogP contribution in [0, 0.1) is 5.92 Å².